The fourth-order valence-electron chi connectivity index (χ4n) is 3.90. The fraction of sp³-hybridized carbons (Fsp3) is 0.464. The number of aryl methyl sites for hydroxylation is 2. The predicted octanol–water partition coefficient (Wildman–Crippen LogP) is 4.71. The van der Waals surface area contributed by atoms with Crippen molar-refractivity contribution in [2.24, 2.45) is 5.92 Å². The first kappa shape index (κ1) is 30.9. The van der Waals surface area contributed by atoms with Crippen LogP contribution in [-0.2, 0) is 14.3 Å². The molecule has 0 radical (unpaired) electrons. The van der Waals surface area contributed by atoms with E-state index in [-0.39, 0.29) is 18.2 Å². The van der Waals surface area contributed by atoms with E-state index >= 15 is 0 Å². The van der Waals surface area contributed by atoms with Gasteiger partial charge in [-0.25, -0.2) is 4.79 Å². The van der Waals surface area contributed by atoms with Crippen molar-refractivity contribution >= 4 is 35.2 Å². The van der Waals surface area contributed by atoms with Crippen LogP contribution in [0.2, 0.25) is 5.02 Å². The summed E-state index contributed by atoms with van der Waals surface area (Å²) in [6.07, 6.45) is -0.776. The zero-order chi connectivity index (χ0) is 28.8. The maximum atomic E-state index is 13.9. The summed E-state index contributed by atoms with van der Waals surface area (Å²) in [6.45, 7) is 11.5. The number of para-hydroxylation sites is 1. The summed E-state index contributed by atoms with van der Waals surface area (Å²) in [6, 6.07) is 7.49. The molecule has 2 aromatic rings. The van der Waals surface area contributed by atoms with Gasteiger partial charge in [-0.15, -0.1) is 0 Å². The first-order valence-corrected chi connectivity index (χ1v) is 12.8. The number of amides is 3. The summed E-state index contributed by atoms with van der Waals surface area (Å²) in [5.41, 5.74) is 1.24. The topological polar surface area (TPSA) is 128 Å². The van der Waals surface area contributed by atoms with Crippen LogP contribution in [0.5, 0.6) is 5.75 Å². The molecule has 38 heavy (non-hydrogen) atoms. The summed E-state index contributed by atoms with van der Waals surface area (Å²) in [5, 5.41) is 25.7. The summed E-state index contributed by atoms with van der Waals surface area (Å²) >= 11 is 6.35. The van der Waals surface area contributed by atoms with Crippen molar-refractivity contribution in [3.05, 3.63) is 58.1 Å². The maximum absolute atomic E-state index is 13.9. The molecule has 2 unspecified atom stereocenters. The molecule has 2 atom stereocenters. The number of hydrogen-bond acceptors (Lipinski definition) is 6. The third-order valence-electron chi connectivity index (χ3n) is 5.80. The number of aliphatic hydroxyl groups excluding tert-OH is 1. The third-order valence-corrected chi connectivity index (χ3v) is 6.11. The summed E-state index contributed by atoms with van der Waals surface area (Å²) < 4.78 is 5.34. The number of rotatable bonds is 9. The van der Waals surface area contributed by atoms with Gasteiger partial charge in [0, 0.05) is 6.54 Å². The highest BCUT2D eigenvalue weighted by atomic mass is 35.5. The van der Waals surface area contributed by atoms with Gasteiger partial charge < -0.3 is 30.5 Å². The highest BCUT2D eigenvalue weighted by Crippen LogP contribution is 2.31. The molecule has 0 aromatic heterocycles. The van der Waals surface area contributed by atoms with E-state index < -0.39 is 42.2 Å². The lowest BCUT2D eigenvalue weighted by Gasteiger charge is -2.35. The molecule has 208 valence electrons. The van der Waals surface area contributed by atoms with Crippen molar-refractivity contribution in [2.75, 3.05) is 18.5 Å². The lowest BCUT2D eigenvalue weighted by molar-refractivity contribution is -0.142. The second-order valence-corrected chi connectivity index (χ2v) is 10.9. The molecular weight excluding hydrogens is 510 g/mol. The number of aromatic hydroxyl groups is 1. The average Bonchev–Trinajstić information content (AvgIpc) is 2.80. The number of alkyl carbamates (subject to hydrolysis) is 1. The number of benzene rings is 2. The Kier molecular flexibility index (Phi) is 10.6. The molecule has 4 N–H and O–H groups in total. The smallest absolute Gasteiger partial charge is 0.408 e. The largest absolute Gasteiger partial charge is 0.508 e. The Balaban J connectivity index is 2.57. The molecule has 0 heterocycles. The number of phenolic OH excluding ortho intramolecular Hbond substituents is 1. The van der Waals surface area contributed by atoms with Crippen LogP contribution in [0.1, 0.15) is 57.4 Å². The second-order valence-electron chi connectivity index (χ2n) is 10.5. The molecule has 0 aliphatic rings. The number of carbonyl (C=O) groups excluding carboxylic acids is 3. The van der Waals surface area contributed by atoms with Gasteiger partial charge >= 0.3 is 6.09 Å². The van der Waals surface area contributed by atoms with Crippen LogP contribution in [0.4, 0.5) is 10.5 Å². The predicted molar refractivity (Wildman–Crippen MR) is 147 cm³/mol. The molecule has 0 aliphatic carbocycles. The normalized spacial score (nSPS) is 13.0. The Bertz CT molecular complexity index is 1140. The third kappa shape index (κ3) is 8.10. The monoisotopic (exact) mass is 547 g/mol. The van der Waals surface area contributed by atoms with Crippen LogP contribution in [0.3, 0.4) is 0 Å². The molecule has 9 nitrogen and oxygen atoms in total. The lowest BCUT2D eigenvalue weighted by atomic mass is 9.97. The Morgan fingerprint density at radius 3 is 2.26 bits per heavy atom. The zero-order valence-corrected chi connectivity index (χ0v) is 23.7. The van der Waals surface area contributed by atoms with Gasteiger partial charge in [0.1, 0.15) is 23.4 Å². The van der Waals surface area contributed by atoms with E-state index in [1.807, 2.05) is 0 Å². The van der Waals surface area contributed by atoms with Crippen LogP contribution < -0.4 is 10.6 Å². The zero-order valence-electron chi connectivity index (χ0n) is 23.0. The standard InChI is InChI=1S/C28H38ClN3O6/c1-16(2)22(31-27(37)38-28(5,6)7)26(36)32(13-14-33)24(19-11-12-21(34)18(4)15-19)25(35)30-23-17(3)9-8-10-20(23)29/h8-12,15-16,22,24,33-34H,13-14H2,1-7H3,(H,30,35)(H,31,37). The maximum Gasteiger partial charge on any atom is 0.408 e. The van der Waals surface area contributed by atoms with Crippen molar-refractivity contribution in [3.8, 4) is 5.75 Å². The number of phenols is 1. The number of nitrogens with one attached hydrogen (secondary N) is 2. The fourth-order valence-corrected chi connectivity index (χ4v) is 4.17. The van der Waals surface area contributed by atoms with Crippen molar-refractivity contribution in [1.82, 2.24) is 10.2 Å². The van der Waals surface area contributed by atoms with E-state index in [9.17, 15) is 24.6 Å². The minimum atomic E-state index is -1.22. The van der Waals surface area contributed by atoms with Crippen LogP contribution >= 0.6 is 11.6 Å². The highest BCUT2D eigenvalue weighted by Gasteiger charge is 2.37. The van der Waals surface area contributed by atoms with Gasteiger partial charge in [-0.1, -0.05) is 43.6 Å². The number of nitrogens with zero attached hydrogens (tertiary/aromatic N) is 1. The van der Waals surface area contributed by atoms with Crippen molar-refractivity contribution in [2.45, 2.75) is 66.2 Å². The van der Waals surface area contributed by atoms with E-state index in [2.05, 4.69) is 10.6 Å². The molecule has 0 fully saturated rings. The minimum absolute atomic E-state index is 0.0292. The SMILES string of the molecule is Cc1cc(C(C(=O)Nc2c(C)cccc2Cl)N(CCO)C(=O)C(NC(=O)OC(C)(C)C)C(C)C)ccc1O. The molecule has 10 heteroatoms. The first-order chi connectivity index (χ1) is 17.7. The van der Waals surface area contributed by atoms with Crippen LogP contribution in [0.25, 0.3) is 0 Å². The molecule has 0 spiro atoms. The van der Waals surface area contributed by atoms with Crippen molar-refractivity contribution in [1.29, 1.82) is 0 Å². The van der Waals surface area contributed by atoms with E-state index in [4.69, 9.17) is 16.3 Å². The van der Waals surface area contributed by atoms with Gasteiger partial charge in [0.15, 0.2) is 0 Å². The molecule has 0 aliphatic heterocycles. The van der Waals surface area contributed by atoms with E-state index in [1.165, 1.54) is 17.0 Å². The molecular formula is C28H38ClN3O6. The molecule has 2 aromatic carbocycles. The van der Waals surface area contributed by atoms with Gasteiger partial charge in [-0.05, 0) is 75.4 Å². The Hall–Kier alpha value is -3.30. The van der Waals surface area contributed by atoms with Crippen molar-refractivity contribution < 1.29 is 29.3 Å². The van der Waals surface area contributed by atoms with Gasteiger partial charge in [0.05, 0.1) is 17.3 Å². The average molecular weight is 548 g/mol. The summed E-state index contributed by atoms with van der Waals surface area (Å²) in [4.78, 5) is 41.5. The molecule has 0 saturated heterocycles. The van der Waals surface area contributed by atoms with E-state index in [1.54, 1.807) is 72.7 Å². The Labute approximate surface area is 229 Å². The van der Waals surface area contributed by atoms with Gasteiger partial charge in [-0.3, -0.25) is 9.59 Å². The quantitative estimate of drug-likeness (QED) is 0.360. The van der Waals surface area contributed by atoms with Crippen LogP contribution in [0.15, 0.2) is 36.4 Å². The number of aliphatic hydroxyl groups is 1. The molecule has 0 bridgehead atoms. The Morgan fingerprint density at radius 1 is 1.08 bits per heavy atom. The number of anilines is 1. The second kappa shape index (κ2) is 13.0. The molecule has 0 saturated carbocycles. The van der Waals surface area contributed by atoms with E-state index in [0.29, 0.717) is 21.8 Å². The minimum Gasteiger partial charge on any atom is -0.508 e. The first-order valence-electron chi connectivity index (χ1n) is 12.4. The van der Waals surface area contributed by atoms with Crippen LogP contribution in [0, 0.1) is 19.8 Å². The Morgan fingerprint density at radius 2 is 1.74 bits per heavy atom. The highest BCUT2D eigenvalue weighted by molar-refractivity contribution is 6.34. The lowest BCUT2D eigenvalue weighted by Crippen LogP contribution is -2.55. The van der Waals surface area contributed by atoms with Gasteiger partial charge in [0.2, 0.25) is 5.91 Å². The van der Waals surface area contributed by atoms with Gasteiger partial charge in [0.25, 0.3) is 5.91 Å². The molecule has 3 amide bonds. The number of hydrogen-bond donors (Lipinski definition) is 4. The summed E-state index contributed by atoms with van der Waals surface area (Å²) in [7, 11) is 0. The van der Waals surface area contributed by atoms with Crippen molar-refractivity contribution in [3.63, 3.8) is 0 Å². The summed E-state index contributed by atoms with van der Waals surface area (Å²) in [5.74, 6) is -1.50. The van der Waals surface area contributed by atoms with Gasteiger partial charge in [-0.2, -0.15) is 0 Å². The number of carbonyl (C=O) groups is 3. The van der Waals surface area contributed by atoms with Crippen LogP contribution in [-0.4, -0.2) is 57.8 Å². The van der Waals surface area contributed by atoms with E-state index in [0.717, 1.165) is 5.56 Å². The number of ether oxygens (including phenoxy) is 1. The number of halogens is 1. The molecule has 2 rings (SSSR count).